The Morgan fingerprint density at radius 1 is 1.30 bits per heavy atom. The second-order valence-corrected chi connectivity index (χ2v) is 7.00. The summed E-state index contributed by atoms with van der Waals surface area (Å²) in [6.45, 7) is 1.65. The van der Waals surface area contributed by atoms with Crippen molar-refractivity contribution >= 4 is 27.7 Å². The highest BCUT2D eigenvalue weighted by Gasteiger charge is 2.66. The van der Waals surface area contributed by atoms with Crippen LogP contribution in [-0.4, -0.2) is 6.26 Å². The molecule has 0 fully saturated rings. The minimum Gasteiger partial charge on any atom is -0.350 e. The summed E-state index contributed by atoms with van der Waals surface area (Å²) in [5, 5.41) is 11.7. The summed E-state index contributed by atoms with van der Waals surface area (Å²) in [7, 11) is -9.90. The molecule has 2 nitrogen and oxygen atoms in total. The molecule has 1 N–H and O–H groups in total. The maximum absolute atomic E-state index is 12.9. The Kier molecular flexibility index (Phi) is 3.80. The third-order valence-corrected chi connectivity index (χ3v) is 4.21. The van der Waals surface area contributed by atoms with E-state index in [1.165, 1.54) is 11.8 Å². The topological polar surface area (TPSA) is 35.8 Å². The van der Waals surface area contributed by atoms with Crippen LogP contribution in [0.1, 0.15) is 12.5 Å². The number of nitrogens with zero attached hydrogens (tertiary/aromatic N) is 1. The zero-order valence-corrected chi connectivity index (χ0v) is 12.1. The van der Waals surface area contributed by atoms with Crippen molar-refractivity contribution in [2.24, 2.45) is 0 Å². The van der Waals surface area contributed by atoms with Gasteiger partial charge in [0.05, 0.1) is 10.6 Å². The van der Waals surface area contributed by atoms with E-state index in [0.29, 0.717) is 5.03 Å². The van der Waals surface area contributed by atoms with Crippen molar-refractivity contribution in [3.05, 3.63) is 34.9 Å². The Bertz CT molecular complexity index is 601. The van der Waals surface area contributed by atoms with Gasteiger partial charge in [-0.15, -0.1) is 11.8 Å². The van der Waals surface area contributed by atoms with E-state index in [9.17, 15) is 19.4 Å². The Balaban J connectivity index is 3.44. The first-order valence-electron chi connectivity index (χ1n) is 5.17. The van der Waals surface area contributed by atoms with Crippen molar-refractivity contribution in [3.8, 4) is 6.07 Å². The van der Waals surface area contributed by atoms with Crippen molar-refractivity contribution < 1.29 is 19.4 Å². The molecule has 0 saturated carbocycles. The molecule has 1 aromatic carbocycles. The average Bonchev–Trinajstić information content (AvgIpc) is 2.33. The lowest BCUT2D eigenvalue weighted by Gasteiger charge is -2.41. The highest BCUT2D eigenvalue weighted by atomic mass is 32.5. The van der Waals surface area contributed by atoms with Crippen LogP contribution in [0.15, 0.2) is 34.2 Å². The summed E-state index contributed by atoms with van der Waals surface area (Å²) in [5.41, 5.74) is -1.25. The quantitative estimate of drug-likeness (QED) is 0.703. The SMILES string of the molecule is C/C=C(\Nc1ccc(C#N)c(S(F)(F)(F)(F)F)c1)SC. The fraction of sp³-hybridized carbons (Fsp3) is 0.182. The smallest absolute Gasteiger partial charge is 0.311 e. The van der Waals surface area contributed by atoms with Gasteiger partial charge in [0.2, 0.25) is 0 Å². The molecule has 9 heteroatoms. The monoisotopic (exact) mass is 330 g/mol. The third-order valence-electron chi connectivity index (χ3n) is 2.27. The number of halogens is 5. The summed E-state index contributed by atoms with van der Waals surface area (Å²) in [6.07, 6.45) is 3.26. The first kappa shape index (κ1) is 16.7. The van der Waals surface area contributed by atoms with Crippen LogP contribution in [-0.2, 0) is 0 Å². The van der Waals surface area contributed by atoms with Crippen LogP contribution in [0.4, 0.5) is 25.1 Å². The van der Waals surface area contributed by atoms with E-state index in [4.69, 9.17) is 5.26 Å². The summed E-state index contributed by atoms with van der Waals surface area (Å²) in [4.78, 5) is -2.17. The molecule has 0 bridgehead atoms. The Labute approximate surface area is 117 Å². The fourth-order valence-corrected chi connectivity index (χ4v) is 2.73. The molecule has 0 radical (unpaired) electrons. The van der Waals surface area contributed by atoms with Gasteiger partial charge in [0.15, 0.2) is 0 Å². The highest BCUT2D eigenvalue weighted by molar-refractivity contribution is 8.45. The first-order valence-corrected chi connectivity index (χ1v) is 8.34. The molecule has 0 saturated heterocycles. The van der Waals surface area contributed by atoms with Crippen LogP contribution in [0.3, 0.4) is 0 Å². The molecule has 0 atom stereocenters. The van der Waals surface area contributed by atoms with Gasteiger partial charge in [0.1, 0.15) is 11.0 Å². The van der Waals surface area contributed by atoms with Gasteiger partial charge in [-0.2, -0.15) is 5.26 Å². The molecule has 112 valence electrons. The maximum atomic E-state index is 12.9. The van der Waals surface area contributed by atoms with Crippen LogP contribution in [0.2, 0.25) is 0 Å². The summed E-state index contributed by atoms with van der Waals surface area (Å²) in [5.74, 6) is 0. The van der Waals surface area contributed by atoms with Crippen molar-refractivity contribution in [2.45, 2.75) is 11.8 Å². The highest BCUT2D eigenvalue weighted by Crippen LogP contribution is 3.02. The van der Waals surface area contributed by atoms with Gasteiger partial charge in [-0.1, -0.05) is 25.5 Å². The van der Waals surface area contributed by atoms with E-state index < -0.39 is 20.7 Å². The second kappa shape index (κ2) is 4.56. The van der Waals surface area contributed by atoms with Gasteiger partial charge in [-0.25, -0.2) is 0 Å². The lowest BCUT2D eigenvalue weighted by molar-refractivity contribution is 0.363. The minimum absolute atomic E-state index is 0.158. The molecule has 0 amide bonds. The summed E-state index contributed by atoms with van der Waals surface area (Å²) < 4.78 is 64.4. The molecule has 0 aliphatic carbocycles. The van der Waals surface area contributed by atoms with Gasteiger partial charge in [0, 0.05) is 5.69 Å². The van der Waals surface area contributed by atoms with E-state index >= 15 is 0 Å². The number of nitrogens with one attached hydrogen (secondary N) is 1. The molecular weight excluding hydrogens is 319 g/mol. The first-order chi connectivity index (χ1) is 8.91. The molecule has 0 unspecified atom stereocenters. The number of hydrogen-bond acceptors (Lipinski definition) is 3. The van der Waals surface area contributed by atoms with E-state index in [-0.39, 0.29) is 11.8 Å². The average molecular weight is 330 g/mol. The number of rotatable bonds is 4. The van der Waals surface area contributed by atoms with Crippen LogP contribution in [0.25, 0.3) is 0 Å². The van der Waals surface area contributed by atoms with E-state index in [2.05, 4.69) is 5.32 Å². The minimum atomic E-state index is -9.90. The lowest BCUT2D eigenvalue weighted by Crippen LogP contribution is -2.09. The molecule has 0 aromatic heterocycles. The number of hydrogen-bond donors (Lipinski definition) is 1. The molecule has 0 aliphatic heterocycles. The van der Waals surface area contributed by atoms with Gasteiger partial charge in [-0.05, 0) is 31.4 Å². The standard InChI is InChI=1S/C11H11F5N2S2/c1-3-11(19-2)18-9-5-4-8(7-17)10(6-9)20(12,13,14,15)16/h3-6,18H,1-2H3/b11-3+. The molecule has 1 aromatic rings. The normalized spacial score (nSPS) is 16.0. The van der Waals surface area contributed by atoms with Gasteiger partial charge < -0.3 is 5.32 Å². The zero-order valence-electron chi connectivity index (χ0n) is 10.5. The molecule has 20 heavy (non-hydrogen) atoms. The van der Waals surface area contributed by atoms with Crippen LogP contribution >= 0.6 is 22.0 Å². The third kappa shape index (κ3) is 4.05. The van der Waals surface area contributed by atoms with Crippen LogP contribution in [0, 0.1) is 11.3 Å². The number of benzene rings is 1. The predicted molar refractivity (Wildman–Crippen MR) is 73.4 cm³/mol. The molecule has 0 heterocycles. The molecule has 1 rings (SSSR count). The number of anilines is 1. The lowest BCUT2D eigenvalue weighted by atomic mass is 10.2. The summed E-state index contributed by atoms with van der Waals surface area (Å²) in [6, 6.07) is 3.28. The zero-order chi connectivity index (χ0) is 15.7. The van der Waals surface area contributed by atoms with E-state index in [1.54, 1.807) is 19.3 Å². The van der Waals surface area contributed by atoms with Crippen molar-refractivity contribution in [1.82, 2.24) is 0 Å². The van der Waals surface area contributed by atoms with Gasteiger partial charge in [0.25, 0.3) is 0 Å². The second-order valence-electron chi connectivity index (χ2n) is 3.77. The van der Waals surface area contributed by atoms with Crippen molar-refractivity contribution in [2.75, 3.05) is 11.6 Å². The Morgan fingerprint density at radius 3 is 2.30 bits per heavy atom. The van der Waals surface area contributed by atoms with Gasteiger partial charge >= 0.3 is 10.2 Å². The van der Waals surface area contributed by atoms with Crippen molar-refractivity contribution in [1.29, 1.82) is 5.26 Å². The molecule has 0 spiro atoms. The fourth-order valence-electron chi connectivity index (χ4n) is 1.39. The van der Waals surface area contributed by atoms with E-state index in [1.807, 2.05) is 0 Å². The Morgan fingerprint density at radius 2 is 1.90 bits per heavy atom. The predicted octanol–water partition coefficient (Wildman–Crippen LogP) is 5.85. The molecule has 0 aliphatic rings. The largest absolute Gasteiger partial charge is 0.350 e. The van der Waals surface area contributed by atoms with Gasteiger partial charge in [-0.3, -0.25) is 0 Å². The van der Waals surface area contributed by atoms with Crippen LogP contribution in [0.5, 0.6) is 0 Å². The number of nitriles is 1. The number of allylic oxidation sites excluding steroid dienone is 1. The maximum Gasteiger partial charge on any atom is 0.311 e. The number of thioether (sulfide) groups is 1. The van der Waals surface area contributed by atoms with Crippen LogP contribution < -0.4 is 5.32 Å². The van der Waals surface area contributed by atoms with Crippen molar-refractivity contribution in [3.63, 3.8) is 0 Å². The van der Waals surface area contributed by atoms with E-state index in [0.717, 1.165) is 18.2 Å². The molecular formula is C11H11F5N2S2. The Hall–Kier alpha value is -1.40. The summed E-state index contributed by atoms with van der Waals surface area (Å²) >= 11 is 1.21.